The van der Waals surface area contributed by atoms with Crippen LogP contribution in [0.15, 0.2) is 72.8 Å². The highest BCUT2D eigenvalue weighted by Crippen LogP contribution is 2.40. The Kier molecular flexibility index (Phi) is 6.42. The van der Waals surface area contributed by atoms with E-state index in [1.807, 2.05) is 54.6 Å². The molecule has 2 N–H and O–H groups in total. The number of carbonyl (C=O) groups excluding carboxylic acids is 1. The van der Waals surface area contributed by atoms with Crippen molar-refractivity contribution in [2.24, 2.45) is 0 Å². The minimum atomic E-state index is -0.127. The van der Waals surface area contributed by atoms with Gasteiger partial charge in [0.05, 0.1) is 10.0 Å². The summed E-state index contributed by atoms with van der Waals surface area (Å²) in [4.78, 5) is 18.5. The number of anilines is 2. The molecule has 0 spiro atoms. The molecule has 1 aliphatic rings. The second-order valence-electron chi connectivity index (χ2n) is 8.88. The zero-order valence-corrected chi connectivity index (χ0v) is 21.0. The molecule has 1 aromatic heterocycles. The Labute approximate surface area is 215 Å². The molecular formula is C29H25Cl2N3O. The van der Waals surface area contributed by atoms with Crippen LogP contribution in [0.5, 0.6) is 0 Å². The predicted molar refractivity (Wildman–Crippen MR) is 146 cm³/mol. The number of aryl methyl sites for hydroxylation is 2. The van der Waals surface area contributed by atoms with Crippen LogP contribution < -0.4 is 10.2 Å². The van der Waals surface area contributed by atoms with Gasteiger partial charge in [-0.3, -0.25) is 4.79 Å². The number of nitrogens with one attached hydrogen (secondary N) is 2. The summed E-state index contributed by atoms with van der Waals surface area (Å²) in [5.41, 5.74) is 9.29. The number of fused-ring (bicyclic) bond motifs is 1. The molecule has 5 rings (SSSR count). The summed E-state index contributed by atoms with van der Waals surface area (Å²) in [5, 5.41) is 4.14. The first-order valence-electron chi connectivity index (χ1n) is 11.4. The first-order valence-corrected chi connectivity index (χ1v) is 12.2. The van der Waals surface area contributed by atoms with Crippen LogP contribution in [0.2, 0.25) is 10.0 Å². The number of carbonyl (C=O) groups is 1. The summed E-state index contributed by atoms with van der Waals surface area (Å²) >= 11 is 12.4. The number of hydrogen-bond donors (Lipinski definition) is 2. The first-order chi connectivity index (χ1) is 16.9. The molecule has 176 valence electrons. The van der Waals surface area contributed by atoms with Gasteiger partial charge in [-0.1, -0.05) is 47.5 Å². The normalized spacial score (nSPS) is 13.8. The molecule has 1 aliphatic heterocycles. The molecule has 0 aliphatic carbocycles. The molecule has 0 saturated carbocycles. The smallest absolute Gasteiger partial charge is 0.255 e. The van der Waals surface area contributed by atoms with E-state index in [2.05, 4.69) is 53.3 Å². The van der Waals surface area contributed by atoms with Gasteiger partial charge in [0.1, 0.15) is 0 Å². The minimum absolute atomic E-state index is 0.127. The molecule has 0 fully saturated rings. The number of nitrogens with zero attached hydrogens (tertiary/aromatic N) is 1. The Balaban J connectivity index is 1.50. The van der Waals surface area contributed by atoms with E-state index in [1.54, 1.807) is 0 Å². The molecule has 0 atom stereocenters. The van der Waals surface area contributed by atoms with Crippen molar-refractivity contribution in [1.29, 1.82) is 0 Å². The van der Waals surface area contributed by atoms with Gasteiger partial charge in [0, 0.05) is 47.0 Å². The Morgan fingerprint density at radius 2 is 1.80 bits per heavy atom. The zero-order valence-electron chi connectivity index (χ0n) is 19.5. The number of hydrogen-bond acceptors (Lipinski definition) is 2. The van der Waals surface area contributed by atoms with Gasteiger partial charge in [-0.2, -0.15) is 0 Å². The van der Waals surface area contributed by atoms with E-state index in [9.17, 15) is 4.79 Å². The van der Waals surface area contributed by atoms with Gasteiger partial charge in [-0.25, -0.2) is 0 Å². The van der Waals surface area contributed by atoms with E-state index < -0.39 is 0 Å². The van der Waals surface area contributed by atoms with E-state index in [0.717, 1.165) is 40.4 Å². The second-order valence-corrected chi connectivity index (χ2v) is 9.69. The summed E-state index contributed by atoms with van der Waals surface area (Å²) in [5.74, 6) is -0.127. The highest BCUT2D eigenvalue weighted by molar-refractivity contribution is 6.42. The molecular weight excluding hydrogens is 477 g/mol. The monoisotopic (exact) mass is 501 g/mol. The van der Waals surface area contributed by atoms with E-state index in [1.165, 1.54) is 11.1 Å². The van der Waals surface area contributed by atoms with Gasteiger partial charge in [0.25, 0.3) is 5.91 Å². The van der Waals surface area contributed by atoms with Crippen molar-refractivity contribution in [2.75, 3.05) is 16.8 Å². The standard InChI is InChI=1S/C29H25Cl2N3O/c1-18-12-19(2)32-27(18)14-22-17-34(16-20-8-10-25(30)26(31)13-20)28-11-9-23(15-24(22)28)33-29(35)21-6-4-3-5-7-21/h3-15,32H,16-17H2,1-2H3,(H,33,35)/b22-14+. The van der Waals surface area contributed by atoms with E-state index in [0.29, 0.717) is 22.2 Å². The van der Waals surface area contributed by atoms with Crippen LogP contribution >= 0.6 is 23.2 Å². The van der Waals surface area contributed by atoms with Gasteiger partial charge < -0.3 is 15.2 Å². The molecule has 6 heteroatoms. The Hall–Kier alpha value is -3.47. The van der Waals surface area contributed by atoms with Gasteiger partial charge in [-0.05, 0) is 85.2 Å². The van der Waals surface area contributed by atoms with Crippen LogP contribution in [0.1, 0.15) is 38.4 Å². The number of aromatic amines is 1. The van der Waals surface area contributed by atoms with Crippen molar-refractivity contribution in [2.45, 2.75) is 20.4 Å². The number of amides is 1. The maximum atomic E-state index is 12.7. The average molecular weight is 502 g/mol. The molecule has 0 bridgehead atoms. The molecule has 3 aromatic carbocycles. The summed E-state index contributed by atoms with van der Waals surface area (Å²) in [6, 6.07) is 23.2. The Morgan fingerprint density at radius 3 is 2.51 bits per heavy atom. The number of rotatable bonds is 5. The second kappa shape index (κ2) is 9.65. The summed E-state index contributed by atoms with van der Waals surface area (Å²) in [6.07, 6.45) is 2.21. The fourth-order valence-electron chi connectivity index (χ4n) is 4.51. The maximum absolute atomic E-state index is 12.7. The zero-order chi connectivity index (χ0) is 24.5. The number of H-pyrrole nitrogens is 1. The summed E-state index contributed by atoms with van der Waals surface area (Å²) in [6.45, 7) is 5.60. The van der Waals surface area contributed by atoms with Crippen molar-refractivity contribution < 1.29 is 4.79 Å². The fraction of sp³-hybridized carbons (Fsp3) is 0.138. The molecule has 2 heterocycles. The van der Waals surface area contributed by atoms with Crippen LogP contribution in [0.25, 0.3) is 11.6 Å². The fourth-order valence-corrected chi connectivity index (χ4v) is 4.83. The third kappa shape index (κ3) is 5.00. The number of benzene rings is 3. The topological polar surface area (TPSA) is 48.1 Å². The summed E-state index contributed by atoms with van der Waals surface area (Å²) in [7, 11) is 0. The third-order valence-electron chi connectivity index (χ3n) is 6.20. The predicted octanol–water partition coefficient (Wildman–Crippen LogP) is 7.75. The number of halogens is 2. The highest BCUT2D eigenvalue weighted by Gasteiger charge is 2.25. The van der Waals surface area contributed by atoms with E-state index in [-0.39, 0.29) is 5.91 Å². The van der Waals surface area contributed by atoms with Crippen LogP contribution in [0.3, 0.4) is 0 Å². The summed E-state index contributed by atoms with van der Waals surface area (Å²) < 4.78 is 0. The van der Waals surface area contributed by atoms with Crippen molar-refractivity contribution in [3.05, 3.63) is 116 Å². The van der Waals surface area contributed by atoms with Crippen molar-refractivity contribution in [1.82, 2.24) is 4.98 Å². The molecule has 4 nitrogen and oxygen atoms in total. The van der Waals surface area contributed by atoms with Gasteiger partial charge in [0.2, 0.25) is 0 Å². The first kappa shape index (κ1) is 23.3. The lowest BCUT2D eigenvalue weighted by molar-refractivity contribution is 0.102. The van der Waals surface area contributed by atoms with Crippen molar-refractivity contribution in [3.63, 3.8) is 0 Å². The molecule has 1 amide bonds. The van der Waals surface area contributed by atoms with Gasteiger partial charge in [-0.15, -0.1) is 0 Å². The lowest BCUT2D eigenvalue weighted by Gasteiger charge is -2.20. The van der Waals surface area contributed by atoms with Crippen molar-refractivity contribution in [3.8, 4) is 0 Å². The SMILES string of the molecule is Cc1cc(C)c(/C=C2\CN(Cc3ccc(Cl)c(Cl)c3)c3ccc(NC(=O)c4ccccc4)cc32)[nH]1. The number of aromatic nitrogens is 1. The molecule has 4 aromatic rings. The molecule has 35 heavy (non-hydrogen) atoms. The Bertz CT molecular complexity index is 1440. The third-order valence-corrected chi connectivity index (χ3v) is 6.94. The van der Waals surface area contributed by atoms with Crippen LogP contribution in [0.4, 0.5) is 11.4 Å². The highest BCUT2D eigenvalue weighted by atomic mass is 35.5. The van der Waals surface area contributed by atoms with E-state index in [4.69, 9.17) is 23.2 Å². The maximum Gasteiger partial charge on any atom is 0.255 e. The lowest BCUT2D eigenvalue weighted by atomic mass is 10.0. The molecule has 0 radical (unpaired) electrons. The van der Waals surface area contributed by atoms with Crippen LogP contribution in [-0.4, -0.2) is 17.4 Å². The van der Waals surface area contributed by atoms with Crippen LogP contribution in [0, 0.1) is 13.8 Å². The minimum Gasteiger partial charge on any atom is -0.362 e. The van der Waals surface area contributed by atoms with E-state index >= 15 is 0 Å². The van der Waals surface area contributed by atoms with Crippen molar-refractivity contribution >= 4 is 52.1 Å². The largest absolute Gasteiger partial charge is 0.362 e. The molecule has 0 saturated heterocycles. The van der Waals surface area contributed by atoms with Gasteiger partial charge in [0.15, 0.2) is 0 Å². The molecule has 0 unspecified atom stereocenters. The quantitative estimate of drug-likeness (QED) is 0.293. The lowest BCUT2D eigenvalue weighted by Crippen LogP contribution is -2.19. The average Bonchev–Trinajstić information content (AvgIpc) is 3.34. The van der Waals surface area contributed by atoms with Crippen LogP contribution in [-0.2, 0) is 6.54 Å². The van der Waals surface area contributed by atoms with Gasteiger partial charge >= 0.3 is 0 Å². The Morgan fingerprint density at radius 1 is 1.00 bits per heavy atom.